The molecule has 4 nitrogen and oxygen atoms in total. The van der Waals surface area contributed by atoms with Gasteiger partial charge in [0, 0.05) is 43.2 Å². The van der Waals surface area contributed by atoms with E-state index in [4.69, 9.17) is 9.72 Å². The first-order chi connectivity index (χ1) is 20.2. The van der Waals surface area contributed by atoms with Gasteiger partial charge in [-0.05, 0) is 49.3 Å². The Labute approximate surface area is 246 Å². The molecule has 1 fully saturated rings. The summed E-state index contributed by atoms with van der Waals surface area (Å²) in [5.41, 5.74) is 7.55. The number of rotatable bonds is 11. The average Bonchev–Trinajstić information content (AvgIpc) is 3.65. The van der Waals surface area contributed by atoms with E-state index in [-0.39, 0.29) is 6.04 Å². The van der Waals surface area contributed by atoms with Gasteiger partial charge < -0.3 is 9.30 Å². The Bertz CT molecular complexity index is 1410. The van der Waals surface area contributed by atoms with Crippen LogP contribution in [0.25, 0.3) is 22.6 Å². The van der Waals surface area contributed by atoms with E-state index in [9.17, 15) is 0 Å². The van der Waals surface area contributed by atoms with Gasteiger partial charge in [0.05, 0.1) is 18.0 Å². The molecular formula is C37H45N3O. The number of fused-ring (bicyclic) bond motifs is 1. The molecule has 0 radical (unpaired) electrons. The lowest BCUT2D eigenvalue weighted by Gasteiger charge is -2.35. The lowest BCUT2D eigenvalue weighted by Crippen LogP contribution is -2.34. The maximum atomic E-state index is 5.98. The fraction of sp³-hybridized carbons (Fsp3) is 0.432. The summed E-state index contributed by atoms with van der Waals surface area (Å²) in [6.07, 6.45) is 10.1. The molecule has 6 rings (SSSR count). The van der Waals surface area contributed by atoms with Gasteiger partial charge in [-0.25, -0.2) is 4.98 Å². The molecular weight excluding hydrogens is 502 g/mol. The predicted molar refractivity (Wildman–Crippen MR) is 169 cm³/mol. The van der Waals surface area contributed by atoms with Crippen LogP contribution in [-0.2, 0) is 19.5 Å². The van der Waals surface area contributed by atoms with E-state index >= 15 is 0 Å². The van der Waals surface area contributed by atoms with E-state index in [1.54, 1.807) is 0 Å². The molecule has 4 heteroatoms. The molecule has 4 aromatic rings. The third kappa shape index (κ3) is 6.28. The minimum atomic E-state index is 0.211. The monoisotopic (exact) mass is 547 g/mol. The van der Waals surface area contributed by atoms with Crippen molar-refractivity contribution < 1.29 is 4.74 Å². The van der Waals surface area contributed by atoms with Crippen LogP contribution in [0.3, 0.4) is 0 Å². The molecule has 2 heterocycles. The Balaban J connectivity index is 1.44. The van der Waals surface area contributed by atoms with Crippen LogP contribution in [0.5, 0.6) is 5.75 Å². The van der Waals surface area contributed by atoms with Crippen LogP contribution in [0.2, 0.25) is 0 Å². The van der Waals surface area contributed by atoms with E-state index in [0.29, 0.717) is 0 Å². The minimum Gasteiger partial charge on any atom is -0.493 e. The van der Waals surface area contributed by atoms with E-state index in [1.807, 2.05) is 0 Å². The molecule has 1 atom stereocenters. The van der Waals surface area contributed by atoms with Crippen LogP contribution in [0.4, 0.5) is 0 Å². The Morgan fingerprint density at radius 1 is 0.927 bits per heavy atom. The second-order valence-electron chi connectivity index (χ2n) is 12.1. The molecule has 41 heavy (non-hydrogen) atoms. The van der Waals surface area contributed by atoms with Gasteiger partial charge in [-0.1, -0.05) is 105 Å². The topological polar surface area (TPSA) is 30.3 Å². The minimum absolute atomic E-state index is 0.211. The molecule has 214 valence electrons. The summed E-state index contributed by atoms with van der Waals surface area (Å²) in [5, 5.41) is 0. The molecule has 3 aromatic carbocycles. The molecule has 0 saturated heterocycles. The number of nitrogens with zero attached hydrogens (tertiary/aromatic N) is 3. The van der Waals surface area contributed by atoms with Gasteiger partial charge in [0.1, 0.15) is 11.6 Å². The quantitative estimate of drug-likeness (QED) is 0.188. The standard InChI is InChI=1S/C37H45N3O/c1-3-4-23-40-36(35(32-16-10-6-11-17-32)38-37(40)33-18-12-7-13-19-33)28(2)39(26-29-14-8-5-9-15-29)27-30-20-21-31-22-24-41-34(31)25-30/h6-7,10-13,16-21,25,28-29H,3-5,8-9,14-15,22-24,26-27H2,1-2H3/t28-/m0/s1. The zero-order valence-electron chi connectivity index (χ0n) is 24.9. The van der Waals surface area contributed by atoms with Crippen molar-refractivity contribution in [3.05, 3.63) is 95.7 Å². The van der Waals surface area contributed by atoms with Crippen molar-refractivity contribution in [3.63, 3.8) is 0 Å². The predicted octanol–water partition coefficient (Wildman–Crippen LogP) is 9.10. The van der Waals surface area contributed by atoms with Gasteiger partial charge >= 0.3 is 0 Å². The normalized spacial score (nSPS) is 16.1. The zero-order chi connectivity index (χ0) is 28.0. The first-order valence-electron chi connectivity index (χ1n) is 15.9. The van der Waals surface area contributed by atoms with E-state index < -0.39 is 0 Å². The van der Waals surface area contributed by atoms with E-state index in [0.717, 1.165) is 68.7 Å². The van der Waals surface area contributed by atoms with Gasteiger partial charge in [-0.3, -0.25) is 4.90 Å². The van der Waals surface area contributed by atoms with Gasteiger partial charge in [-0.2, -0.15) is 0 Å². The number of unbranched alkanes of at least 4 members (excludes halogenated alkanes) is 1. The zero-order valence-corrected chi connectivity index (χ0v) is 24.9. The fourth-order valence-electron chi connectivity index (χ4n) is 6.83. The van der Waals surface area contributed by atoms with Crippen LogP contribution in [0.15, 0.2) is 78.9 Å². The van der Waals surface area contributed by atoms with Crippen molar-refractivity contribution >= 4 is 0 Å². The van der Waals surface area contributed by atoms with E-state index in [2.05, 4.69) is 102 Å². The highest BCUT2D eigenvalue weighted by Crippen LogP contribution is 2.38. The van der Waals surface area contributed by atoms with Crippen molar-refractivity contribution in [1.82, 2.24) is 14.5 Å². The molecule has 1 aliphatic heterocycles. The summed E-state index contributed by atoms with van der Waals surface area (Å²) in [6.45, 7) is 8.53. The lowest BCUT2D eigenvalue weighted by molar-refractivity contribution is 0.145. The number of aromatic nitrogens is 2. The fourth-order valence-corrected chi connectivity index (χ4v) is 6.83. The average molecular weight is 548 g/mol. The van der Waals surface area contributed by atoms with Crippen molar-refractivity contribution in [2.45, 2.75) is 84.3 Å². The Morgan fingerprint density at radius 3 is 2.39 bits per heavy atom. The summed E-state index contributed by atoms with van der Waals surface area (Å²) < 4.78 is 8.52. The molecule has 1 saturated carbocycles. The molecule has 1 aromatic heterocycles. The Morgan fingerprint density at radius 2 is 1.66 bits per heavy atom. The SMILES string of the molecule is CCCCn1c(-c2ccccc2)nc(-c2ccccc2)c1[C@H](C)N(Cc1ccc2c(c1)OCC2)CC1CCCCC1. The summed E-state index contributed by atoms with van der Waals surface area (Å²) in [7, 11) is 0. The highest BCUT2D eigenvalue weighted by Gasteiger charge is 2.29. The number of ether oxygens (including phenoxy) is 1. The van der Waals surface area contributed by atoms with Crippen LogP contribution in [0, 0.1) is 5.92 Å². The molecule has 0 bridgehead atoms. The molecule has 0 N–H and O–H groups in total. The second-order valence-corrected chi connectivity index (χ2v) is 12.1. The number of hydrogen-bond acceptors (Lipinski definition) is 3. The summed E-state index contributed by atoms with van der Waals surface area (Å²) in [6, 6.07) is 28.7. The maximum absolute atomic E-state index is 5.98. The lowest BCUT2D eigenvalue weighted by atomic mass is 9.88. The van der Waals surface area contributed by atoms with Crippen LogP contribution < -0.4 is 4.74 Å². The van der Waals surface area contributed by atoms with Crippen molar-refractivity contribution in [2.75, 3.05) is 13.2 Å². The molecule has 2 aliphatic rings. The largest absolute Gasteiger partial charge is 0.493 e. The van der Waals surface area contributed by atoms with Gasteiger partial charge in [-0.15, -0.1) is 0 Å². The Hall–Kier alpha value is -3.37. The van der Waals surface area contributed by atoms with Crippen LogP contribution in [-0.4, -0.2) is 27.6 Å². The highest BCUT2D eigenvalue weighted by molar-refractivity contribution is 5.69. The summed E-state index contributed by atoms with van der Waals surface area (Å²) in [4.78, 5) is 8.17. The molecule has 0 unspecified atom stereocenters. The van der Waals surface area contributed by atoms with Crippen molar-refractivity contribution in [3.8, 4) is 28.4 Å². The van der Waals surface area contributed by atoms with Crippen molar-refractivity contribution in [1.29, 1.82) is 0 Å². The van der Waals surface area contributed by atoms with Gasteiger partial charge in [0.2, 0.25) is 0 Å². The van der Waals surface area contributed by atoms with Gasteiger partial charge in [0.25, 0.3) is 0 Å². The number of hydrogen-bond donors (Lipinski definition) is 0. The van der Waals surface area contributed by atoms with Crippen LogP contribution in [0.1, 0.15) is 81.7 Å². The van der Waals surface area contributed by atoms with Crippen molar-refractivity contribution in [2.24, 2.45) is 5.92 Å². The number of benzene rings is 3. The third-order valence-corrected chi connectivity index (χ3v) is 9.13. The van der Waals surface area contributed by atoms with Crippen LogP contribution >= 0.6 is 0 Å². The van der Waals surface area contributed by atoms with E-state index in [1.165, 1.54) is 60.1 Å². The third-order valence-electron chi connectivity index (χ3n) is 9.13. The first kappa shape index (κ1) is 27.8. The van der Waals surface area contributed by atoms with Gasteiger partial charge in [0.15, 0.2) is 0 Å². The summed E-state index contributed by atoms with van der Waals surface area (Å²) in [5.74, 6) is 2.91. The molecule has 0 spiro atoms. The second kappa shape index (κ2) is 13.1. The molecule has 1 aliphatic carbocycles. The Kier molecular flexibility index (Phi) is 8.86. The number of imidazole rings is 1. The summed E-state index contributed by atoms with van der Waals surface area (Å²) >= 11 is 0. The maximum Gasteiger partial charge on any atom is 0.140 e. The first-order valence-corrected chi connectivity index (χ1v) is 15.9. The smallest absolute Gasteiger partial charge is 0.140 e. The highest BCUT2D eigenvalue weighted by atomic mass is 16.5. The molecule has 0 amide bonds.